The number of pyridine rings is 1. The van der Waals surface area contributed by atoms with Crippen LogP contribution in [0.1, 0.15) is 35.5 Å². The largest absolute Gasteiger partial charge is 0.490 e. The van der Waals surface area contributed by atoms with E-state index >= 15 is 0 Å². The lowest BCUT2D eigenvalue weighted by Crippen LogP contribution is -2.28. The highest BCUT2D eigenvalue weighted by molar-refractivity contribution is 6.05. The van der Waals surface area contributed by atoms with Gasteiger partial charge in [0, 0.05) is 30.4 Å². The number of hydrogen-bond acceptors (Lipinski definition) is 6. The molecule has 1 amide bonds. The van der Waals surface area contributed by atoms with Crippen LogP contribution < -0.4 is 20.3 Å². The molecule has 0 spiro atoms. The first kappa shape index (κ1) is 27.7. The molecular formula is C32H32N4O5. The normalized spacial score (nSPS) is 11.5. The zero-order chi connectivity index (χ0) is 29.3. The SMILES string of the molecule is Cc1cc2c(Oc3ccc(NC(=O)c4c(C)n(C)n(-c5ccccc5)c4=O)cc3)ccnc2cc1OCC(C)(C)O. The van der Waals surface area contributed by atoms with Gasteiger partial charge in [0.2, 0.25) is 0 Å². The van der Waals surface area contributed by atoms with Crippen LogP contribution >= 0.6 is 0 Å². The predicted octanol–water partition coefficient (Wildman–Crippen LogP) is 5.54. The first-order valence-corrected chi connectivity index (χ1v) is 13.2. The fourth-order valence-electron chi connectivity index (χ4n) is 4.51. The lowest BCUT2D eigenvalue weighted by molar-refractivity contribution is 0.0283. The highest BCUT2D eigenvalue weighted by atomic mass is 16.5. The molecule has 5 rings (SSSR count). The second-order valence-corrected chi connectivity index (χ2v) is 10.6. The van der Waals surface area contributed by atoms with Gasteiger partial charge in [-0.1, -0.05) is 18.2 Å². The highest BCUT2D eigenvalue weighted by Gasteiger charge is 2.22. The molecule has 0 radical (unpaired) electrons. The Bertz CT molecular complexity index is 1780. The second kappa shape index (κ2) is 10.9. The summed E-state index contributed by atoms with van der Waals surface area (Å²) in [5, 5.41) is 13.6. The molecule has 0 atom stereocenters. The molecular weight excluding hydrogens is 520 g/mol. The van der Waals surface area contributed by atoms with E-state index in [1.807, 2.05) is 49.4 Å². The predicted molar refractivity (Wildman–Crippen MR) is 158 cm³/mol. The van der Waals surface area contributed by atoms with Crippen molar-refractivity contribution in [2.24, 2.45) is 7.05 Å². The molecule has 0 aliphatic rings. The molecule has 0 bridgehead atoms. The fraction of sp³-hybridized carbons (Fsp3) is 0.219. The third kappa shape index (κ3) is 5.85. The van der Waals surface area contributed by atoms with E-state index in [4.69, 9.17) is 9.47 Å². The van der Waals surface area contributed by atoms with E-state index in [1.54, 1.807) is 69.0 Å². The smallest absolute Gasteiger partial charge is 0.284 e. The van der Waals surface area contributed by atoms with Gasteiger partial charge in [-0.05, 0) is 81.8 Å². The van der Waals surface area contributed by atoms with Crippen LogP contribution in [0.15, 0.2) is 83.8 Å². The van der Waals surface area contributed by atoms with Crippen molar-refractivity contribution in [2.45, 2.75) is 33.3 Å². The lowest BCUT2D eigenvalue weighted by atomic mass is 10.1. The Morgan fingerprint density at radius 2 is 1.71 bits per heavy atom. The molecule has 5 aromatic rings. The van der Waals surface area contributed by atoms with Crippen molar-refractivity contribution >= 4 is 22.5 Å². The number of hydrogen-bond donors (Lipinski definition) is 2. The van der Waals surface area contributed by atoms with Crippen LogP contribution in [0.5, 0.6) is 17.2 Å². The number of para-hydroxylation sites is 1. The van der Waals surface area contributed by atoms with Crippen LogP contribution in [-0.2, 0) is 7.05 Å². The summed E-state index contributed by atoms with van der Waals surface area (Å²) < 4.78 is 15.1. The number of aryl methyl sites for hydroxylation is 1. The molecule has 3 aromatic carbocycles. The van der Waals surface area contributed by atoms with Gasteiger partial charge >= 0.3 is 0 Å². The number of anilines is 1. The van der Waals surface area contributed by atoms with E-state index in [2.05, 4.69) is 10.3 Å². The number of carbonyl (C=O) groups is 1. The molecule has 0 saturated heterocycles. The van der Waals surface area contributed by atoms with Crippen molar-refractivity contribution in [3.05, 3.63) is 106 Å². The number of carbonyl (C=O) groups excluding carboxylic acids is 1. The third-order valence-electron chi connectivity index (χ3n) is 6.70. The number of amides is 1. The number of nitrogens with zero attached hydrogens (tertiary/aromatic N) is 3. The van der Waals surface area contributed by atoms with Crippen LogP contribution in [0.4, 0.5) is 5.69 Å². The standard InChI is InChI=1S/C32H32N4O5/c1-20-17-25-26(18-28(20)40-19-32(3,4)39)33-16-15-27(25)41-24-13-11-22(12-14-24)34-30(37)29-21(2)35(5)36(31(29)38)23-9-7-6-8-10-23/h6-18,39H,19H2,1-5H3,(H,34,37). The molecule has 2 heterocycles. The molecule has 210 valence electrons. The Kier molecular flexibility index (Phi) is 7.38. The minimum absolute atomic E-state index is 0.0844. The molecule has 0 unspecified atom stereocenters. The van der Waals surface area contributed by atoms with Crippen LogP contribution in [-0.4, -0.2) is 37.6 Å². The Balaban J connectivity index is 1.33. The molecule has 9 nitrogen and oxygen atoms in total. The van der Waals surface area contributed by atoms with Crippen molar-refractivity contribution in [3.8, 4) is 22.9 Å². The Hall–Kier alpha value is -4.89. The minimum Gasteiger partial charge on any atom is -0.490 e. The van der Waals surface area contributed by atoms with Gasteiger partial charge in [0.05, 0.1) is 22.5 Å². The maximum absolute atomic E-state index is 13.2. The van der Waals surface area contributed by atoms with Crippen LogP contribution in [0.2, 0.25) is 0 Å². The molecule has 2 aromatic heterocycles. The lowest BCUT2D eigenvalue weighted by Gasteiger charge is -2.19. The number of benzene rings is 3. The first-order chi connectivity index (χ1) is 19.5. The van der Waals surface area contributed by atoms with Crippen LogP contribution in [0.3, 0.4) is 0 Å². The average Bonchev–Trinajstić information content (AvgIpc) is 3.16. The third-order valence-corrected chi connectivity index (χ3v) is 6.70. The molecule has 0 fully saturated rings. The number of rotatable bonds is 8. The summed E-state index contributed by atoms with van der Waals surface area (Å²) in [5.41, 5.74) is 2.10. The molecule has 0 aliphatic heterocycles. The van der Waals surface area contributed by atoms with Crippen molar-refractivity contribution in [1.82, 2.24) is 14.3 Å². The van der Waals surface area contributed by atoms with Gasteiger partial charge in [-0.2, -0.15) is 0 Å². The Labute approximate surface area is 237 Å². The molecule has 0 saturated carbocycles. The summed E-state index contributed by atoms with van der Waals surface area (Å²) in [6.07, 6.45) is 1.66. The first-order valence-electron chi connectivity index (χ1n) is 13.2. The number of fused-ring (bicyclic) bond motifs is 1. The number of aromatic nitrogens is 3. The highest BCUT2D eigenvalue weighted by Crippen LogP contribution is 2.33. The van der Waals surface area contributed by atoms with E-state index in [9.17, 15) is 14.7 Å². The Morgan fingerprint density at radius 1 is 1.00 bits per heavy atom. The van der Waals surface area contributed by atoms with Gasteiger partial charge in [-0.15, -0.1) is 0 Å². The molecule has 41 heavy (non-hydrogen) atoms. The maximum atomic E-state index is 13.2. The van der Waals surface area contributed by atoms with Gasteiger partial charge in [-0.3, -0.25) is 19.3 Å². The van der Waals surface area contributed by atoms with E-state index in [1.165, 1.54) is 4.68 Å². The van der Waals surface area contributed by atoms with Crippen molar-refractivity contribution in [1.29, 1.82) is 0 Å². The molecule has 2 N–H and O–H groups in total. The van der Waals surface area contributed by atoms with Gasteiger partial charge in [-0.25, -0.2) is 4.68 Å². The van der Waals surface area contributed by atoms with Gasteiger partial charge in [0.1, 0.15) is 29.4 Å². The number of aliphatic hydroxyl groups is 1. The van der Waals surface area contributed by atoms with Crippen molar-refractivity contribution in [3.63, 3.8) is 0 Å². The maximum Gasteiger partial charge on any atom is 0.284 e. The van der Waals surface area contributed by atoms with E-state index in [0.717, 1.165) is 10.9 Å². The fourth-order valence-corrected chi connectivity index (χ4v) is 4.51. The topological polar surface area (TPSA) is 108 Å². The second-order valence-electron chi connectivity index (χ2n) is 10.6. The quantitative estimate of drug-likeness (QED) is 0.262. The van der Waals surface area contributed by atoms with Crippen LogP contribution in [0, 0.1) is 13.8 Å². The van der Waals surface area contributed by atoms with E-state index < -0.39 is 11.5 Å². The van der Waals surface area contributed by atoms with Crippen LogP contribution in [0.25, 0.3) is 16.6 Å². The minimum atomic E-state index is -0.952. The monoisotopic (exact) mass is 552 g/mol. The molecule has 0 aliphatic carbocycles. The van der Waals surface area contributed by atoms with Gasteiger partial charge in [0.25, 0.3) is 11.5 Å². The van der Waals surface area contributed by atoms with Crippen molar-refractivity contribution < 1.29 is 19.4 Å². The van der Waals surface area contributed by atoms with E-state index in [0.29, 0.717) is 39.8 Å². The summed E-state index contributed by atoms with van der Waals surface area (Å²) >= 11 is 0. The number of ether oxygens (including phenoxy) is 2. The zero-order valence-electron chi connectivity index (χ0n) is 23.6. The zero-order valence-corrected chi connectivity index (χ0v) is 23.6. The Morgan fingerprint density at radius 3 is 2.39 bits per heavy atom. The summed E-state index contributed by atoms with van der Waals surface area (Å²) in [6.45, 7) is 7.21. The van der Waals surface area contributed by atoms with E-state index in [-0.39, 0.29) is 17.7 Å². The summed E-state index contributed by atoms with van der Waals surface area (Å²) in [5.74, 6) is 1.35. The summed E-state index contributed by atoms with van der Waals surface area (Å²) in [4.78, 5) is 30.8. The summed E-state index contributed by atoms with van der Waals surface area (Å²) in [7, 11) is 1.75. The van der Waals surface area contributed by atoms with Gasteiger partial charge in [0.15, 0.2) is 0 Å². The number of nitrogens with one attached hydrogen (secondary N) is 1. The average molecular weight is 553 g/mol. The van der Waals surface area contributed by atoms with Crippen molar-refractivity contribution in [2.75, 3.05) is 11.9 Å². The molecule has 9 heteroatoms. The summed E-state index contributed by atoms with van der Waals surface area (Å²) in [6, 6.07) is 21.7. The van der Waals surface area contributed by atoms with Gasteiger partial charge < -0.3 is 19.9 Å².